The van der Waals surface area contributed by atoms with Gasteiger partial charge in [0.15, 0.2) is 0 Å². The minimum absolute atomic E-state index is 1.24. The molecule has 0 saturated carbocycles. The average molecular weight is 419 g/mol. The van der Waals surface area contributed by atoms with Crippen molar-refractivity contribution in [2.45, 2.75) is 142 Å². The molecule has 1 aromatic heterocycles. The van der Waals surface area contributed by atoms with Gasteiger partial charge in [-0.2, -0.15) is 9.13 Å². The van der Waals surface area contributed by atoms with E-state index in [2.05, 4.69) is 49.5 Å². The van der Waals surface area contributed by atoms with E-state index in [4.69, 9.17) is 0 Å². The molecule has 30 heavy (non-hydrogen) atoms. The maximum atomic E-state index is 2.38. The lowest BCUT2D eigenvalue weighted by Crippen LogP contribution is -2.45. The van der Waals surface area contributed by atoms with Crippen LogP contribution < -0.4 is 9.13 Å². The van der Waals surface area contributed by atoms with E-state index in [0.29, 0.717) is 0 Å². The standard InChI is InChI=1S/C28H54N2/c1-5-7-9-11-13-15-17-19-21-23-27-28(30(4)26-25-29(27)3)24-22-20-18-16-14-12-10-8-6-2/h25-26H,5-24H2,1-4H3/q+2. The molecule has 0 fully saturated rings. The van der Waals surface area contributed by atoms with Gasteiger partial charge in [-0.05, 0) is 12.8 Å². The smallest absolute Gasteiger partial charge is 0.195 e. The van der Waals surface area contributed by atoms with Gasteiger partial charge in [0, 0.05) is 12.8 Å². The topological polar surface area (TPSA) is 7.76 Å². The largest absolute Gasteiger partial charge is 0.248 e. The van der Waals surface area contributed by atoms with Crippen molar-refractivity contribution in [3.05, 3.63) is 23.8 Å². The Bertz CT molecular complexity index is 477. The van der Waals surface area contributed by atoms with Crippen LogP contribution >= 0.6 is 0 Å². The highest BCUT2D eigenvalue weighted by atomic mass is 15.0. The zero-order valence-corrected chi connectivity index (χ0v) is 21.2. The van der Waals surface area contributed by atoms with Crippen LogP contribution in [-0.4, -0.2) is 0 Å². The number of unbranched alkanes of at least 4 members (excludes halogenated alkanes) is 16. The number of hydrogen-bond donors (Lipinski definition) is 0. The fourth-order valence-corrected chi connectivity index (χ4v) is 4.63. The predicted octanol–water partition coefficient (Wildman–Crippen LogP) is 7.48. The molecule has 0 spiro atoms. The van der Waals surface area contributed by atoms with Crippen LogP contribution in [0.3, 0.4) is 0 Å². The van der Waals surface area contributed by atoms with E-state index < -0.39 is 0 Å². The molecule has 0 radical (unpaired) electrons. The van der Waals surface area contributed by atoms with Crippen LogP contribution in [0.5, 0.6) is 0 Å². The summed E-state index contributed by atoms with van der Waals surface area (Å²) in [6, 6.07) is 0. The van der Waals surface area contributed by atoms with Gasteiger partial charge in [-0.1, -0.05) is 117 Å². The summed E-state index contributed by atoms with van der Waals surface area (Å²) in [6.45, 7) is 4.60. The highest BCUT2D eigenvalue weighted by Gasteiger charge is 2.22. The number of nitrogens with zero attached hydrogens (tertiary/aromatic N) is 2. The summed E-state index contributed by atoms with van der Waals surface area (Å²) >= 11 is 0. The highest BCUT2D eigenvalue weighted by Crippen LogP contribution is 2.14. The third kappa shape index (κ3) is 12.7. The lowest BCUT2D eigenvalue weighted by atomic mass is 10.0. The summed E-state index contributed by atoms with van der Waals surface area (Å²) in [6.07, 6.45) is 32.3. The highest BCUT2D eigenvalue weighted by molar-refractivity contribution is 5.00. The zero-order chi connectivity index (χ0) is 21.9. The Hall–Kier alpha value is -0.920. The summed E-state index contributed by atoms with van der Waals surface area (Å²) in [7, 11) is 4.48. The van der Waals surface area contributed by atoms with Crippen molar-refractivity contribution >= 4 is 0 Å². The predicted molar refractivity (Wildman–Crippen MR) is 131 cm³/mol. The zero-order valence-electron chi connectivity index (χ0n) is 21.2. The lowest BCUT2D eigenvalue weighted by molar-refractivity contribution is -0.737. The molecule has 0 aliphatic heterocycles. The van der Waals surface area contributed by atoms with Gasteiger partial charge < -0.3 is 0 Å². The summed E-state index contributed by atoms with van der Waals surface area (Å²) in [4.78, 5) is 0. The van der Waals surface area contributed by atoms with E-state index in [0.717, 1.165) is 0 Å². The molecular formula is C28H54N2+2. The summed E-state index contributed by atoms with van der Waals surface area (Å²) in [5.74, 6) is 0. The normalized spacial score (nSPS) is 11.3. The fraction of sp³-hybridized carbons (Fsp3) is 0.857. The Morgan fingerprint density at radius 3 is 1.00 bits per heavy atom. The maximum absolute atomic E-state index is 2.38. The second kappa shape index (κ2) is 18.8. The molecule has 0 bridgehead atoms. The molecule has 0 aliphatic carbocycles. The van der Waals surface area contributed by atoms with E-state index in [-0.39, 0.29) is 0 Å². The SMILES string of the molecule is CCCCCCCCCCCc1c(CCCCCCCCCCC)[n+](C)cc[n+]1C. The van der Waals surface area contributed by atoms with Crippen molar-refractivity contribution in [3.8, 4) is 0 Å². The Kier molecular flexibility index (Phi) is 17.0. The van der Waals surface area contributed by atoms with E-state index in [1.807, 2.05) is 0 Å². The molecule has 0 amide bonds. The first-order valence-electron chi connectivity index (χ1n) is 13.6. The molecule has 1 rings (SSSR count). The molecule has 174 valence electrons. The van der Waals surface area contributed by atoms with E-state index in [9.17, 15) is 0 Å². The molecule has 0 atom stereocenters. The first kappa shape index (κ1) is 27.1. The summed E-state index contributed by atoms with van der Waals surface area (Å²) < 4.78 is 4.77. The van der Waals surface area contributed by atoms with Gasteiger partial charge in [0.05, 0.1) is 0 Å². The molecule has 0 N–H and O–H groups in total. The van der Waals surface area contributed by atoms with Crippen LogP contribution in [0.1, 0.15) is 141 Å². The fourth-order valence-electron chi connectivity index (χ4n) is 4.63. The molecular weight excluding hydrogens is 364 g/mol. The summed E-state index contributed by atoms with van der Waals surface area (Å²) in [5, 5.41) is 0. The Morgan fingerprint density at radius 1 is 0.433 bits per heavy atom. The van der Waals surface area contributed by atoms with Crippen LogP contribution in [-0.2, 0) is 26.9 Å². The third-order valence-electron chi connectivity index (χ3n) is 6.73. The van der Waals surface area contributed by atoms with Gasteiger partial charge in [0.25, 0.3) is 0 Å². The Morgan fingerprint density at radius 2 is 0.700 bits per heavy atom. The molecule has 0 unspecified atom stereocenters. The molecule has 0 saturated heterocycles. The van der Waals surface area contributed by atoms with Crippen molar-refractivity contribution < 1.29 is 9.13 Å². The van der Waals surface area contributed by atoms with Gasteiger partial charge in [-0.3, -0.25) is 0 Å². The number of aromatic nitrogens is 2. The van der Waals surface area contributed by atoms with Crippen molar-refractivity contribution in [3.63, 3.8) is 0 Å². The second-order valence-corrected chi connectivity index (χ2v) is 9.57. The van der Waals surface area contributed by atoms with Crippen molar-refractivity contribution in [1.82, 2.24) is 0 Å². The van der Waals surface area contributed by atoms with Gasteiger partial charge in [0.2, 0.25) is 23.8 Å². The quantitative estimate of drug-likeness (QED) is 0.153. The van der Waals surface area contributed by atoms with Crippen LogP contribution in [0.2, 0.25) is 0 Å². The lowest BCUT2D eigenvalue weighted by Gasteiger charge is -2.06. The first-order chi connectivity index (χ1) is 14.7. The molecule has 2 nitrogen and oxygen atoms in total. The first-order valence-corrected chi connectivity index (χ1v) is 13.6. The third-order valence-corrected chi connectivity index (χ3v) is 6.73. The van der Waals surface area contributed by atoms with Crippen LogP contribution in [0.15, 0.2) is 12.4 Å². The molecule has 2 heteroatoms. The van der Waals surface area contributed by atoms with E-state index >= 15 is 0 Å². The van der Waals surface area contributed by atoms with E-state index in [1.165, 1.54) is 128 Å². The molecule has 1 aromatic rings. The molecule has 1 heterocycles. The summed E-state index contributed by atoms with van der Waals surface area (Å²) in [5.41, 5.74) is 3.14. The molecule has 0 aliphatic rings. The minimum atomic E-state index is 1.24. The average Bonchev–Trinajstić information content (AvgIpc) is 2.75. The number of aryl methyl sites for hydroxylation is 2. The second-order valence-electron chi connectivity index (χ2n) is 9.57. The Labute approximate surface area is 189 Å². The number of hydrogen-bond acceptors (Lipinski definition) is 0. The number of rotatable bonds is 20. The van der Waals surface area contributed by atoms with Gasteiger partial charge in [0.1, 0.15) is 14.1 Å². The minimum Gasteiger partial charge on any atom is -0.195 e. The maximum Gasteiger partial charge on any atom is 0.248 e. The van der Waals surface area contributed by atoms with Crippen molar-refractivity contribution in [2.24, 2.45) is 14.1 Å². The van der Waals surface area contributed by atoms with Gasteiger partial charge >= 0.3 is 0 Å². The van der Waals surface area contributed by atoms with Crippen LogP contribution in [0, 0.1) is 0 Å². The Balaban J connectivity index is 2.26. The van der Waals surface area contributed by atoms with Gasteiger partial charge in [-0.15, -0.1) is 0 Å². The van der Waals surface area contributed by atoms with Crippen LogP contribution in [0.4, 0.5) is 0 Å². The molecule has 0 aromatic carbocycles. The van der Waals surface area contributed by atoms with Crippen molar-refractivity contribution in [2.75, 3.05) is 0 Å². The van der Waals surface area contributed by atoms with E-state index in [1.54, 1.807) is 11.4 Å². The van der Waals surface area contributed by atoms with Crippen molar-refractivity contribution in [1.29, 1.82) is 0 Å². The van der Waals surface area contributed by atoms with Gasteiger partial charge in [-0.25, -0.2) is 0 Å². The monoisotopic (exact) mass is 418 g/mol. The van der Waals surface area contributed by atoms with Crippen LogP contribution in [0.25, 0.3) is 0 Å².